The van der Waals surface area contributed by atoms with Crippen molar-refractivity contribution in [1.29, 1.82) is 0 Å². The van der Waals surface area contributed by atoms with E-state index in [1.807, 2.05) is 30.5 Å². The van der Waals surface area contributed by atoms with E-state index in [2.05, 4.69) is 23.8 Å². The number of nitrogens with zero attached hydrogens (tertiary/aromatic N) is 3. The van der Waals surface area contributed by atoms with Gasteiger partial charge in [0.2, 0.25) is 5.95 Å². The third-order valence-corrected chi connectivity index (χ3v) is 3.30. The minimum absolute atomic E-state index is 0.152. The maximum absolute atomic E-state index is 6.07. The Kier molecular flexibility index (Phi) is 4.04. The standard InChI is InChI=1S/C14H22N4O/c1-5-19-8-12(9(2)3)18-13-11(17-14(18)15)7-6-10(4)16-13/h6-7,9,12H,5,8H2,1-4H3,(H2,15,17). The first-order chi connectivity index (χ1) is 9.04. The minimum atomic E-state index is 0.152. The smallest absolute Gasteiger partial charge is 0.202 e. The number of hydrogen-bond donors (Lipinski definition) is 1. The Hall–Kier alpha value is -1.62. The van der Waals surface area contributed by atoms with Crippen molar-refractivity contribution >= 4 is 17.1 Å². The first kappa shape index (κ1) is 13.8. The van der Waals surface area contributed by atoms with Crippen molar-refractivity contribution in [3.8, 4) is 0 Å². The normalized spacial score (nSPS) is 13.3. The molecule has 0 fully saturated rings. The largest absolute Gasteiger partial charge is 0.380 e. The molecule has 0 aliphatic heterocycles. The molecule has 2 aromatic rings. The highest BCUT2D eigenvalue weighted by atomic mass is 16.5. The number of nitrogens with two attached hydrogens (primary N) is 1. The number of nitrogen functional groups attached to an aromatic ring is 1. The van der Waals surface area contributed by atoms with Crippen molar-refractivity contribution in [2.24, 2.45) is 5.92 Å². The molecule has 0 bridgehead atoms. The van der Waals surface area contributed by atoms with Gasteiger partial charge in [-0.1, -0.05) is 13.8 Å². The Morgan fingerprint density at radius 3 is 2.68 bits per heavy atom. The number of pyridine rings is 1. The minimum Gasteiger partial charge on any atom is -0.380 e. The summed E-state index contributed by atoms with van der Waals surface area (Å²) in [4.78, 5) is 8.96. The van der Waals surface area contributed by atoms with Gasteiger partial charge in [0, 0.05) is 12.3 Å². The van der Waals surface area contributed by atoms with E-state index in [1.54, 1.807) is 0 Å². The van der Waals surface area contributed by atoms with Crippen LogP contribution in [-0.2, 0) is 4.74 Å². The molecular formula is C14H22N4O. The molecule has 2 rings (SSSR count). The van der Waals surface area contributed by atoms with Crippen LogP contribution in [0, 0.1) is 12.8 Å². The molecule has 0 radical (unpaired) electrons. The molecule has 0 aliphatic rings. The first-order valence-corrected chi connectivity index (χ1v) is 6.73. The van der Waals surface area contributed by atoms with E-state index < -0.39 is 0 Å². The van der Waals surface area contributed by atoms with Gasteiger partial charge in [0.05, 0.1) is 12.6 Å². The molecule has 19 heavy (non-hydrogen) atoms. The molecule has 104 valence electrons. The van der Waals surface area contributed by atoms with Gasteiger partial charge >= 0.3 is 0 Å². The molecule has 0 aromatic carbocycles. The molecule has 0 spiro atoms. The van der Waals surface area contributed by atoms with Crippen LogP contribution in [-0.4, -0.2) is 27.7 Å². The van der Waals surface area contributed by atoms with Gasteiger partial charge in [0.25, 0.3) is 0 Å². The Balaban J connectivity index is 2.51. The predicted molar refractivity (Wildman–Crippen MR) is 77.0 cm³/mol. The van der Waals surface area contributed by atoms with Gasteiger partial charge in [-0.25, -0.2) is 9.97 Å². The van der Waals surface area contributed by atoms with Gasteiger partial charge in [0.1, 0.15) is 5.52 Å². The fourth-order valence-corrected chi connectivity index (χ4v) is 2.22. The fraction of sp³-hybridized carbons (Fsp3) is 0.571. The van der Waals surface area contributed by atoms with E-state index in [9.17, 15) is 0 Å². The molecule has 2 aromatic heterocycles. The summed E-state index contributed by atoms with van der Waals surface area (Å²) in [5.74, 6) is 0.903. The van der Waals surface area contributed by atoms with E-state index in [1.165, 1.54) is 0 Å². The number of hydrogen-bond acceptors (Lipinski definition) is 4. The summed E-state index contributed by atoms with van der Waals surface area (Å²) in [6, 6.07) is 4.06. The highest BCUT2D eigenvalue weighted by Crippen LogP contribution is 2.26. The van der Waals surface area contributed by atoms with E-state index in [4.69, 9.17) is 10.5 Å². The SMILES string of the molecule is CCOCC(C(C)C)n1c(N)nc2ccc(C)nc21. The predicted octanol–water partition coefficient (Wildman–Crippen LogP) is 2.56. The van der Waals surface area contributed by atoms with Gasteiger partial charge < -0.3 is 10.5 Å². The highest BCUT2D eigenvalue weighted by molar-refractivity contribution is 5.74. The third-order valence-electron chi connectivity index (χ3n) is 3.30. The quantitative estimate of drug-likeness (QED) is 0.899. The van der Waals surface area contributed by atoms with E-state index >= 15 is 0 Å². The Morgan fingerprint density at radius 1 is 1.32 bits per heavy atom. The van der Waals surface area contributed by atoms with Crippen molar-refractivity contribution in [3.05, 3.63) is 17.8 Å². The second-order valence-corrected chi connectivity index (χ2v) is 5.11. The number of aryl methyl sites for hydroxylation is 1. The maximum atomic E-state index is 6.07. The summed E-state index contributed by atoms with van der Waals surface area (Å²) in [6.07, 6.45) is 0. The van der Waals surface area contributed by atoms with Gasteiger partial charge in [0.15, 0.2) is 5.65 Å². The molecule has 0 amide bonds. The molecule has 5 heteroatoms. The molecule has 0 aliphatic carbocycles. The van der Waals surface area contributed by atoms with Crippen LogP contribution in [0.25, 0.3) is 11.2 Å². The molecule has 0 saturated carbocycles. The number of ether oxygens (including phenoxy) is 1. The summed E-state index contributed by atoms with van der Waals surface area (Å²) in [5.41, 5.74) is 8.72. The third kappa shape index (κ3) is 2.71. The lowest BCUT2D eigenvalue weighted by Gasteiger charge is -2.23. The van der Waals surface area contributed by atoms with Crippen LogP contribution in [0.2, 0.25) is 0 Å². The van der Waals surface area contributed by atoms with Crippen LogP contribution < -0.4 is 5.73 Å². The van der Waals surface area contributed by atoms with Crippen molar-refractivity contribution in [3.63, 3.8) is 0 Å². The lowest BCUT2D eigenvalue weighted by molar-refractivity contribution is 0.0985. The summed E-state index contributed by atoms with van der Waals surface area (Å²) < 4.78 is 7.59. The maximum Gasteiger partial charge on any atom is 0.202 e. The number of aromatic nitrogens is 3. The van der Waals surface area contributed by atoms with Crippen LogP contribution in [0.5, 0.6) is 0 Å². The molecule has 2 N–H and O–H groups in total. The van der Waals surface area contributed by atoms with Crippen molar-refractivity contribution < 1.29 is 4.74 Å². The zero-order valence-electron chi connectivity index (χ0n) is 12.1. The Labute approximate surface area is 113 Å². The summed E-state index contributed by atoms with van der Waals surface area (Å²) in [7, 11) is 0. The monoisotopic (exact) mass is 262 g/mol. The van der Waals surface area contributed by atoms with Crippen LogP contribution in [0.4, 0.5) is 5.95 Å². The molecule has 1 atom stereocenters. The van der Waals surface area contributed by atoms with Crippen LogP contribution >= 0.6 is 0 Å². The van der Waals surface area contributed by atoms with Gasteiger partial charge in [-0.15, -0.1) is 0 Å². The number of imidazole rings is 1. The summed E-state index contributed by atoms with van der Waals surface area (Å²) in [5, 5.41) is 0. The molecule has 5 nitrogen and oxygen atoms in total. The Morgan fingerprint density at radius 2 is 2.05 bits per heavy atom. The lowest BCUT2D eigenvalue weighted by atomic mass is 10.1. The number of fused-ring (bicyclic) bond motifs is 1. The molecule has 1 unspecified atom stereocenters. The number of rotatable bonds is 5. The van der Waals surface area contributed by atoms with Crippen molar-refractivity contribution in [2.75, 3.05) is 18.9 Å². The Bertz CT molecular complexity index is 562. The van der Waals surface area contributed by atoms with E-state index in [-0.39, 0.29) is 6.04 Å². The number of anilines is 1. The van der Waals surface area contributed by atoms with E-state index in [0.717, 1.165) is 16.9 Å². The highest BCUT2D eigenvalue weighted by Gasteiger charge is 2.22. The van der Waals surface area contributed by atoms with Crippen LogP contribution in [0.15, 0.2) is 12.1 Å². The average Bonchev–Trinajstić information content (AvgIpc) is 2.66. The molecular weight excluding hydrogens is 240 g/mol. The average molecular weight is 262 g/mol. The topological polar surface area (TPSA) is 66.0 Å². The molecule has 0 saturated heterocycles. The van der Waals surface area contributed by atoms with Gasteiger partial charge in [-0.05, 0) is 31.9 Å². The summed E-state index contributed by atoms with van der Waals surface area (Å²) >= 11 is 0. The zero-order valence-corrected chi connectivity index (χ0v) is 12.1. The zero-order chi connectivity index (χ0) is 14.0. The van der Waals surface area contributed by atoms with Gasteiger partial charge in [-0.2, -0.15) is 0 Å². The second-order valence-electron chi connectivity index (χ2n) is 5.11. The lowest BCUT2D eigenvalue weighted by Crippen LogP contribution is -2.22. The van der Waals surface area contributed by atoms with Crippen LogP contribution in [0.3, 0.4) is 0 Å². The first-order valence-electron chi connectivity index (χ1n) is 6.73. The van der Waals surface area contributed by atoms with Crippen LogP contribution in [0.1, 0.15) is 32.5 Å². The second kappa shape index (κ2) is 5.57. The van der Waals surface area contributed by atoms with E-state index in [0.29, 0.717) is 25.1 Å². The van der Waals surface area contributed by atoms with Crippen molar-refractivity contribution in [1.82, 2.24) is 14.5 Å². The molecule has 2 heterocycles. The van der Waals surface area contributed by atoms with Gasteiger partial charge in [-0.3, -0.25) is 4.57 Å². The fourth-order valence-electron chi connectivity index (χ4n) is 2.22. The summed E-state index contributed by atoms with van der Waals surface area (Å²) in [6.45, 7) is 9.60. The van der Waals surface area contributed by atoms with Crippen molar-refractivity contribution in [2.45, 2.75) is 33.7 Å².